The Labute approximate surface area is 160 Å². The van der Waals surface area contributed by atoms with E-state index in [-0.39, 0.29) is 12.0 Å². The van der Waals surface area contributed by atoms with Crippen LogP contribution in [0.5, 0.6) is 0 Å². The number of carbonyl (C=O) groups excluding carboxylic acids is 1. The molecule has 6 nitrogen and oxygen atoms in total. The number of rotatable bonds is 4. The number of benzene rings is 1. The van der Waals surface area contributed by atoms with Gasteiger partial charge in [-0.25, -0.2) is 4.98 Å². The van der Waals surface area contributed by atoms with Crippen LogP contribution in [-0.2, 0) is 14.2 Å². The molecule has 2 aromatic rings. The average molecular weight is 395 g/mol. The highest BCUT2D eigenvalue weighted by atomic mass is 35.5. The normalized spacial score (nSPS) is 21.8. The van der Waals surface area contributed by atoms with Crippen LogP contribution in [-0.4, -0.2) is 49.1 Å². The molecule has 3 heterocycles. The predicted octanol–water partition coefficient (Wildman–Crippen LogP) is 3.12. The van der Waals surface area contributed by atoms with E-state index in [0.29, 0.717) is 37.1 Å². The zero-order chi connectivity index (χ0) is 18.0. The van der Waals surface area contributed by atoms with Gasteiger partial charge in [0.15, 0.2) is 5.79 Å². The van der Waals surface area contributed by atoms with Crippen molar-refractivity contribution in [2.45, 2.75) is 24.7 Å². The molecule has 2 aliphatic rings. The lowest BCUT2D eigenvalue weighted by Crippen LogP contribution is -2.39. The number of halogens is 1. The molecule has 138 valence electrons. The number of carbonyl (C=O) groups is 1. The molecule has 26 heavy (non-hydrogen) atoms. The monoisotopic (exact) mass is 394 g/mol. The van der Waals surface area contributed by atoms with Crippen molar-refractivity contribution in [1.29, 1.82) is 0 Å². The maximum atomic E-state index is 12.4. The van der Waals surface area contributed by atoms with Crippen molar-refractivity contribution >= 4 is 28.8 Å². The van der Waals surface area contributed by atoms with Gasteiger partial charge in [0.1, 0.15) is 16.8 Å². The first-order valence-corrected chi connectivity index (χ1v) is 9.78. The van der Waals surface area contributed by atoms with Crippen molar-refractivity contribution in [3.8, 4) is 10.6 Å². The van der Waals surface area contributed by atoms with Crippen LogP contribution in [0.25, 0.3) is 10.6 Å². The molecule has 8 heteroatoms. The van der Waals surface area contributed by atoms with Gasteiger partial charge in [-0.15, -0.1) is 11.3 Å². The van der Waals surface area contributed by atoms with Crippen LogP contribution in [0, 0.1) is 0 Å². The molecule has 2 fully saturated rings. The molecule has 2 saturated heterocycles. The second-order valence-electron chi connectivity index (χ2n) is 6.33. The summed E-state index contributed by atoms with van der Waals surface area (Å²) in [7, 11) is 0. The van der Waals surface area contributed by atoms with Crippen LogP contribution in [0.4, 0.5) is 0 Å². The van der Waals surface area contributed by atoms with Crippen LogP contribution >= 0.6 is 22.9 Å². The van der Waals surface area contributed by atoms with E-state index in [1.807, 2.05) is 18.2 Å². The fraction of sp³-hybridized carbons (Fsp3) is 0.444. The van der Waals surface area contributed by atoms with E-state index < -0.39 is 5.79 Å². The zero-order valence-electron chi connectivity index (χ0n) is 14.1. The van der Waals surface area contributed by atoms with E-state index in [9.17, 15) is 4.79 Å². The van der Waals surface area contributed by atoms with E-state index in [1.165, 1.54) is 11.3 Å². The summed E-state index contributed by atoms with van der Waals surface area (Å²) in [6, 6.07) is 7.42. The minimum Gasteiger partial charge on any atom is -0.381 e. The van der Waals surface area contributed by atoms with Gasteiger partial charge in [-0.3, -0.25) is 4.79 Å². The number of thiazole rings is 1. The number of amides is 1. The van der Waals surface area contributed by atoms with Gasteiger partial charge >= 0.3 is 0 Å². The number of hydrogen-bond donors (Lipinski definition) is 1. The number of nitrogens with one attached hydrogen (secondary N) is 1. The van der Waals surface area contributed by atoms with Crippen molar-refractivity contribution in [2.24, 2.45) is 0 Å². The summed E-state index contributed by atoms with van der Waals surface area (Å²) in [6.45, 7) is 2.16. The molecule has 1 N–H and O–H groups in total. The summed E-state index contributed by atoms with van der Waals surface area (Å²) >= 11 is 7.43. The third kappa shape index (κ3) is 3.92. The van der Waals surface area contributed by atoms with Crippen LogP contribution in [0.3, 0.4) is 0 Å². The first-order chi connectivity index (χ1) is 12.6. The van der Waals surface area contributed by atoms with E-state index in [1.54, 1.807) is 11.4 Å². The Kier molecular flexibility index (Phi) is 5.24. The SMILES string of the molecule is O=C(NC[C@@H]1COC2(CCOCC2)O1)c1csc(-c2cccc(Cl)c2)n1. The summed E-state index contributed by atoms with van der Waals surface area (Å²) in [5.74, 6) is -0.750. The molecule has 4 rings (SSSR count). The van der Waals surface area contributed by atoms with Gasteiger partial charge in [0.2, 0.25) is 0 Å². The standard InChI is InChI=1S/C18H19ClN2O4S/c19-13-3-1-2-12(8-13)17-21-15(11-26-17)16(22)20-9-14-10-24-18(25-14)4-6-23-7-5-18/h1-3,8,11,14H,4-7,9-10H2,(H,20,22)/t14-/m1/s1. The number of hydrogen-bond acceptors (Lipinski definition) is 6. The van der Waals surface area contributed by atoms with Crippen molar-refractivity contribution in [3.05, 3.63) is 40.4 Å². The molecule has 0 saturated carbocycles. The fourth-order valence-electron chi connectivity index (χ4n) is 3.09. The van der Waals surface area contributed by atoms with E-state index in [0.717, 1.165) is 23.4 Å². The van der Waals surface area contributed by atoms with E-state index in [2.05, 4.69) is 10.3 Å². The highest BCUT2D eigenvalue weighted by Crippen LogP contribution is 2.33. The Balaban J connectivity index is 1.33. The molecule has 1 amide bonds. The van der Waals surface area contributed by atoms with Gasteiger partial charge in [-0.2, -0.15) is 0 Å². The first kappa shape index (κ1) is 17.9. The number of ether oxygens (including phenoxy) is 3. The summed E-state index contributed by atoms with van der Waals surface area (Å²) in [5, 5.41) is 6.04. The predicted molar refractivity (Wildman–Crippen MR) is 98.5 cm³/mol. The molecule has 1 atom stereocenters. The molecule has 0 aliphatic carbocycles. The molecular weight excluding hydrogens is 376 g/mol. The van der Waals surface area contributed by atoms with Gasteiger partial charge in [0, 0.05) is 35.4 Å². The molecule has 1 aromatic heterocycles. The van der Waals surface area contributed by atoms with Crippen molar-refractivity contribution in [2.75, 3.05) is 26.4 Å². The van der Waals surface area contributed by atoms with Gasteiger partial charge < -0.3 is 19.5 Å². The van der Waals surface area contributed by atoms with Gasteiger partial charge in [-0.05, 0) is 12.1 Å². The Morgan fingerprint density at radius 3 is 3.04 bits per heavy atom. The molecule has 2 aliphatic heterocycles. The van der Waals surface area contributed by atoms with Gasteiger partial charge in [-0.1, -0.05) is 23.7 Å². The molecular formula is C18H19ClN2O4S. The van der Waals surface area contributed by atoms with Crippen molar-refractivity contribution in [1.82, 2.24) is 10.3 Å². The second kappa shape index (κ2) is 7.62. The van der Waals surface area contributed by atoms with Crippen molar-refractivity contribution in [3.63, 3.8) is 0 Å². The highest BCUT2D eigenvalue weighted by Gasteiger charge is 2.42. The maximum absolute atomic E-state index is 12.4. The van der Waals surface area contributed by atoms with Crippen molar-refractivity contribution < 1.29 is 19.0 Å². The third-order valence-electron chi connectivity index (χ3n) is 4.47. The quantitative estimate of drug-likeness (QED) is 0.862. The number of nitrogens with zero attached hydrogens (tertiary/aromatic N) is 1. The fourth-order valence-corrected chi connectivity index (χ4v) is 4.08. The zero-order valence-corrected chi connectivity index (χ0v) is 15.6. The Morgan fingerprint density at radius 1 is 1.38 bits per heavy atom. The number of aromatic nitrogens is 1. The lowest BCUT2D eigenvalue weighted by Gasteiger charge is -2.31. The summed E-state index contributed by atoms with van der Waals surface area (Å²) < 4.78 is 17.2. The first-order valence-electron chi connectivity index (χ1n) is 8.53. The lowest BCUT2D eigenvalue weighted by molar-refractivity contribution is -0.210. The van der Waals surface area contributed by atoms with E-state index in [4.69, 9.17) is 25.8 Å². The van der Waals surface area contributed by atoms with Crippen LogP contribution < -0.4 is 5.32 Å². The van der Waals surface area contributed by atoms with E-state index >= 15 is 0 Å². The second-order valence-corrected chi connectivity index (χ2v) is 7.63. The van der Waals surface area contributed by atoms with Crippen LogP contribution in [0.1, 0.15) is 23.3 Å². The average Bonchev–Trinajstić information content (AvgIpc) is 3.28. The smallest absolute Gasteiger partial charge is 0.270 e. The maximum Gasteiger partial charge on any atom is 0.270 e. The molecule has 0 radical (unpaired) electrons. The Bertz CT molecular complexity index is 791. The van der Waals surface area contributed by atoms with Crippen LogP contribution in [0.2, 0.25) is 5.02 Å². The topological polar surface area (TPSA) is 69.7 Å². The summed E-state index contributed by atoms with van der Waals surface area (Å²) in [5.41, 5.74) is 1.29. The Hall–Kier alpha value is -1.51. The van der Waals surface area contributed by atoms with Gasteiger partial charge in [0.05, 0.1) is 19.8 Å². The molecule has 1 spiro atoms. The van der Waals surface area contributed by atoms with Crippen LogP contribution in [0.15, 0.2) is 29.6 Å². The summed E-state index contributed by atoms with van der Waals surface area (Å²) in [4.78, 5) is 16.8. The summed E-state index contributed by atoms with van der Waals surface area (Å²) in [6.07, 6.45) is 1.31. The third-order valence-corrected chi connectivity index (χ3v) is 5.59. The lowest BCUT2D eigenvalue weighted by atomic mass is 10.1. The van der Waals surface area contributed by atoms with Gasteiger partial charge in [0.25, 0.3) is 5.91 Å². The minimum atomic E-state index is -0.534. The molecule has 1 aromatic carbocycles. The Morgan fingerprint density at radius 2 is 2.23 bits per heavy atom. The minimum absolute atomic E-state index is 0.150. The molecule has 0 bridgehead atoms. The largest absolute Gasteiger partial charge is 0.381 e. The highest BCUT2D eigenvalue weighted by molar-refractivity contribution is 7.13. The molecule has 0 unspecified atom stereocenters.